The number of carbonyl (C=O) groups excluding carboxylic acids is 1. The van der Waals surface area contributed by atoms with Crippen LogP contribution in [0.1, 0.15) is 35.7 Å². The van der Waals surface area contributed by atoms with Gasteiger partial charge in [0.05, 0.1) is 0 Å². The number of nitrogens with zero attached hydrogens (tertiary/aromatic N) is 1. The summed E-state index contributed by atoms with van der Waals surface area (Å²) in [6.45, 7) is 7.85. The third kappa shape index (κ3) is 3.83. The summed E-state index contributed by atoms with van der Waals surface area (Å²) in [5.41, 5.74) is 1.93. The molecule has 0 saturated carbocycles. The largest absolute Gasteiger partial charge is 0.339 e. The van der Waals surface area contributed by atoms with Gasteiger partial charge in [-0.2, -0.15) is 0 Å². The first-order chi connectivity index (χ1) is 9.61. The molecule has 0 aromatic heterocycles. The van der Waals surface area contributed by atoms with Gasteiger partial charge in [0.2, 0.25) is 0 Å². The van der Waals surface area contributed by atoms with Crippen LogP contribution in [0.4, 0.5) is 0 Å². The van der Waals surface area contributed by atoms with Crippen LogP contribution in [0, 0.1) is 12.8 Å². The van der Waals surface area contributed by atoms with Crippen LogP contribution in [0.25, 0.3) is 0 Å². The fraction of sp³-hybridized carbons (Fsp3) is 0.562. The molecular formula is C16H23BrN2O. The Balaban J connectivity index is 2.05. The molecule has 20 heavy (non-hydrogen) atoms. The molecule has 0 radical (unpaired) electrons. The van der Waals surface area contributed by atoms with Crippen molar-refractivity contribution in [1.82, 2.24) is 10.2 Å². The zero-order valence-electron chi connectivity index (χ0n) is 12.3. The molecule has 1 atom stereocenters. The van der Waals surface area contributed by atoms with Gasteiger partial charge in [0.1, 0.15) is 0 Å². The molecule has 110 valence electrons. The number of piperidine rings is 1. The summed E-state index contributed by atoms with van der Waals surface area (Å²) in [4.78, 5) is 14.6. The van der Waals surface area contributed by atoms with E-state index in [0.717, 1.165) is 41.8 Å². The molecular weight excluding hydrogens is 316 g/mol. The summed E-state index contributed by atoms with van der Waals surface area (Å²) in [5.74, 6) is 0.723. The lowest BCUT2D eigenvalue weighted by Crippen LogP contribution is -2.41. The number of halogens is 1. The van der Waals surface area contributed by atoms with Crippen molar-refractivity contribution in [1.29, 1.82) is 0 Å². The number of benzene rings is 1. The molecule has 2 rings (SSSR count). The van der Waals surface area contributed by atoms with Crippen molar-refractivity contribution in [2.75, 3.05) is 26.2 Å². The molecule has 1 unspecified atom stereocenters. The minimum atomic E-state index is 0.138. The summed E-state index contributed by atoms with van der Waals surface area (Å²) < 4.78 is 0.999. The maximum atomic E-state index is 12.6. The molecule has 0 aliphatic carbocycles. The number of carbonyl (C=O) groups is 1. The molecule has 1 aromatic rings. The van der Waals surface area contributed by atoms with Gasteiger partial charge in [-0.1, -0.05) is 22.0 Å². The van der Waals surface area contributed by atoms with E-state index in [1.165, 1.54) is 12.8 Å². The van der Waals surface area contributed by atoms with Gasteiger partial charge in [-0.15, -0.1) is 0 Å². The SMILES string of the molecule is CCN(CC1CCCNC1)C(=O)c1ccc(C)c(Br)c1. The lowest BCUT2D eigenvalue weighted by atomic mass is 9.98. The molecule has 1 aliphatic heterocycles. The van der Waals surface area contributed by atoms with E-state index in [1.807, 2.05) is 30.0 Å². The maximum absolute atomic E-state index is 12.6. The van der Waals surface area contributed by atoms with Crippen LogP contribution in [0.3, 0.4) is 0 Å². The van der Waals surface area contributed by atoms with Gasteiger partial charge in [0.15, 0.2) is 0 Å². The van der Waals surface area contributed by atoms with Crippen molar-refractivity contribution in [2.24, 2.45) is 5.92 Å². The smallest absolute Gasteiger partial charge is 0.253 e. The second-order valence-electron chi connectivity index (χ2n) is 5.52. The lowest BCUT2D eigenvalue weighted by Gasteiger charge is -2.29. The van der Waals surface area contributed by atoms with Crippen LogP contribution in [0.2, 0.25) is 0 Å². The van der Waals surface area contributed by atoms with Crippen molar-refractivity contribution >= 4 is 21.8 Å². The van der Waals surface area contributed by atoms with E-state index in [2.05, 4.69) is 28.2 Å². The average molecular weight is 339 g/mol. The zero-order chi connectivity index (χ0) is 14.5. The van der Waals surface area contributed by atoms with E-state index in [0.29, 0.717) is 5.92 Å². The van der Waals surface area contributed by atoms with Gasteiger partial charge in [-0.3, -0.25) is 4.79 Å². The molecule has 0 bridgehead atoms. The Morgan fingerprint density at radius 2 is 2.30 bits per heavy atom. The Bertz CT molecular complexity index is 470. The highest BCUT2D eigenvalue weighted by molar-refractivity contribution is 9.10. The number of nitrogens with one attached hydrogen (secondary N) is 1. The van der Waals surface area contributed by atoms with Crippen LogP contribution < -0.4 is 5.32 Å². The number of amides is 1. The van der Waals surface area contributed by atoms with Gasteiger partial charge < -0.3 is 10.2 Å². The maximum Gasteiger partial charge on any atom is 0.253 e. The van der Waals surface area contributed by atoms with E-state index in [4.69, 9.17) is 0 Å². The molecule has 1 heterocycles. The van der Waals surface area contributed by atoms with Gasteiger partial charge in [0.25, 0.3) is 5.91 Å². The van der Waals surface area contributed by atoms with E-state index < -0.39 is 0 Å². The van der Waals surface area contributed by atoms with E-state index in [9.17, 15) is 4.79 Å². The van der Waals surface area contributed by atoms with E-state index in [1.54, 1.807) is 0 Å². The topological polar surface area (TPSA) is 32.3 Å². The van der Waals surface area contributed by atoms with Crippen LogP contribution in [0.5, 0.6) is 0 Å². The standard InChI is InChI=1S/C16H23BrN2O/c1-3-19(11-13-5-4-8-18-10-13)16(20)14-7-6-12(2)15(17)9-14/h6-7,9,13,18H,3-5,8,10-11H2,1-2H3. The van der Waals surface area contributed by atoms with Crippen LogP contribution >= 0.6 is 15.9 Å². The summed E-state index contributed by atoms with van der Waals surface area (Å²) >= 11 is 3.50. The molecule has 1 aromatic carbocycles. The molecule has 4 heteroatoms. The van der Waals surface area contributed by atoms with Crippen molar-refractivity contribution in [3.63, 3.8) is 0 Å². The minimum absolute atomic E-state index is 0.138. The number of hydrogen-bond acceptors (Lipinski definition) is 2. The molecule has 3 nitrogen and oxygen atoms in total. The Kier molecular flexibility index (Phi) is 5.61. The van der Waals surface area contributed by atoms with Gasteiger partial charge >= 0.3 is 0 Å². The molecule has 1 fully saturated rings. The van der Waals surface area contributed by atoms with Crippen molar-refractivity contribution < 1.29 is 4.79 Å². The molecule has 1 aliphatic rings. The van der Waals surface area contributed by atoms with Crippen molar-refractivity contribution in [3.8, 4) is 0 Å². The lowest BCUT2D eigenvalue weighted by molar-refractivity contribution is 0.0729. The van der Waals surface area contributed by atoms with Gasteiger partial charge in [-0.05, 0) is 63.4 Å². The highest BCUT2D eigenvalue weighted by Gasteiger charge is 2.20. The molecule has 1 saturated heterocycles. The third-order valence-electron chi connectivity index (χ3n) is 3.97. The molecule has 1 N–H and O–H groups in total. The van der Waals surface area contributed by atoms with E-state index >= 15 is 0 Å². The van der Waals surface area contributed by atoms with Gasteiger partial charge in [-0.25, -0.2) is 0 Å². The number of hydrogen-bond donors (Lipinski definition) is 1. The summed E-state index contributed by atoms with van der Waals surface area (Å²) in [5, 5.41) is 3.41. The molecule has 1 amide bonds. The summed E-state index contributed by atoms with van der Waals surface area (Å²) in [6.07, 6.45) is 2.43. The van der Waals surface area contributed by atoms with E-state index in [-0.39, 0.29) is 5.91 Å². The second-order valence-corrected chi connectivity index (χ2v) is 6.37. The fourth-order valence-electron chi connectivity index (χ4n) is 2.66. The fourth-order valence-corrected chi connectivity index (χ4v) is 3.03. The Morgan fingerprint density at radius 3 is 2.90 bits per heavy atom. The highest BCUT2D eigenvalue weighted by atomic mass is 79.9. The first kappa shape index (κ1) is 15.5. The quantitative estimate of drug-likeness (QED) is 0.914. The third-order valence-corrected chi connectivity index (χ3v) is 4.82. The van der Waals surface area contributed by atoms with Gasteiger partial charge in [0, 0.05) is 23.1 Å². The Labute approximate surface area is 129 Å². The second kappa shape index (κ2) is 7.23. The van der Waals surface area contributed by atoms with Crippen molar-refractivity contribution in [2.45, 2.75) is 26.7 Å². The zero-order valence-corrected chi connectivity index (χ0v) is 13.9. The van der Waals surface area contributed by atoms with Crippen LogP contribution in [-0.2, 0) is 0 Å². The summed E-state index contributed by atoms with van der Waals surface area (Å²) in [7, 11) is 0. The van der Waals surface area contributed by atoms with Crippen LogP contribution in [0.15, 0.2) is 22.7 Å². The monoisotopic (exact) mass is 338 g/mol. The first-order valence-corrected chi connectivity index (χ1v) is 8.17. The number of rotatable bonds is 4. The molecule has 0 spiro atoms. The summed E-state index contributed by atoms with van der Waals surface area (Å²) in [6, 6.07) is 5.84. The van der Waals surface area contributed by atoms with Crippen LogP contribution in [-0.4, -0.2) is 37.0 Å². The Morgan fingerprint density at radius 1 is 1.50 bits per heavy atom. The van der Waals surface area contributed by atoms with Crippen molar-refractivity contribution in [3.05, 3.63) is 33.8 Å². The average Bonchev–Trinajstić information content (AvgIpc) is 2.48. The highest BCUT2D eigenvalue weighted by Crippen LogP contribution is 2.20. The Hall–Kier alpha value is -0.870. The predicted octanol–water partition coefficient (Wildman–Crippen LogP) is 3.22. The first-order valence-electron chi connectivity index (χ1n) is 7.38. The predicted molar refractivity (Wildman–Crippen MR) is 86.1 cm³/mol. The minimum Gasteiger partial charge on any atom is -0.339 e. The number of aryl methyl sites for hydroxylation is 1. The normalized spacial score (nSPS) is 18.9.